The number of alkyl halides is 2. The smallest absolute Gasteiger partial charge is 0.272 e. The normalized spacial score (nSPS) is 10.7. The molecule has 0 radical (unpaired) electrons. The lowest BCUT2D eigenvalue weighted by Crippen LogP contribution is -2.07. The molecule has 1 heterocycles. The third kappa shape index (κ3) is 3.32. The average Bonchev–Trinajstić information content (AvgIpc) is 2.85. The lowest BCUT2D eigenvalue weighted by Gasteiger charge is -2.08. The molecule has 0 spiro atoms. The van der Waals surface area contributed by atoms with Crippen molar-refractivity contribution in [1.82, 2.24) is 0 Å². The molecule has 0 fully saturated rings. The van der Waals surface area contributed by atoms with Gasteiger partial charge in [-0.3, -0.25) is 4.79 Å². The van der Waals surface area contributed by atoms with Crippen molar-refractivity contribution < 1.29 is 22.7 Å². The maximum absolute atomic E-state index is 12.0. The minimum absolute atomic E-state index is 0.174. The third-order valence-corrected chi connectivity index (χ3v) is 2.62. The second kappa shape index (κ2) is 5.84. The maximum atomic E-state index is 12.0. The van der Waals surface area contributed by atoms with E-state index in [-0.39, 0.29) is 16.5 Å². The Morgan fingerprint density at radius 3 is 2.68 bits per heavy atom. The predicted octanol–water partition coefficient (Wildman–Crippen LogP) is 4.06. The van der Waals surface area contributed by atoms with E-state index in [4.69, 9.17) is 20.8 Å². The molecule has 6 heteroatoms. The van der Waals surface area contributed by atoms with Crippen molar-refractivity contribution in [3.63, 3.8) is 0 Å². The van der Waals surface area contributed by atoms with Crippen LogP contribution in [0.5, 0.6) is 5.75 Å². The summed E-state index contributed by atoms with van der Waals surface area (Å²) in [5, 5.41) is 0.196. The van der Waals surface area contributed by atoms with Crippen LogP contribution >= 0.6 is 11.6 Å². The number of hydrogen-bond donors (Lipinski definition) is 0. The Balaban J connectivity index is 2.20. The van der Waals surface area contributed by atoms with Crippen LogP contribution in [-0.2, 0) is 0 Å². The minimum Gasteiger partial charge on any atom is -0.486 e. The zero-order chi connectivity index (χ0) is 13.8. The monoisotopic (exact) mass is 286 g/mol. The Morgan fingerprint density at radius 1 is 1.32 bits per heavy atom. The van der Waals surface area contributed by atoms with E-state index in [1.165, 1.54) is 18.2 Å². The van der Waals surface area contributed by atoms with Gasteiger partial charge in [0.05, 0.1) is 5.02 Å². The molecule has 0 aliphatic rings. The first kappa shape index (κ1) is 13.5. The summed E-state index contributed by atoms with van der Waals surface area (Å²) in [6, 6.07) is 7.76. The summed E-state index contributed by atoms with van der Waals surface area (Å²) in [7, 11) is 0. The predicted molar refractivity (Wildman–Crippen MR) is 66.0 cm³/mol. The van der Waals surface area contributed by atoms with Crippen LogP contribution in [0.3, 0.4) is 0 Å². The first-order valence-corrected chi connectivity index (χ1v) is 5.74. The third-order valence-electron chi connectivity index (χ3n) is 2.32. The van der Waals surface area contributed by atoms with E-state index in [2.05, 4.69) is 0 Å². The number of rotatable bonds is 5. The van der Waals surface area contributed by atoms with E-state index in [9.17, 15) is 13.6 Å². The second-order valence-electron chi connectivity index (χ2n) is 3.67. The highest BCUT2D eigenvalue weighted by Gasteiger charge is 2.10. The summed E-state index contributed by atoms with van der Waals surface area (Å²) in [6.45, 7) is -0.713. The Hall–Kier alpha value is -1.88. The molecule has 3 nitrogen and oxygen atoms in total. The average molecular weight is 287 g/mol. The van der Waals surface area contributed by atoms with E-state index in [0.29, 0.717) is 17.6 Å². The van der Waals surface area contributed by atoms with Crippen LogP contribution in [0.15, 0.2) is 34.7 Å². The van der Waals surface area contributed by atoms with Crippen LogP contribution in [0.1, 0.15) is 10.6 Å². The van der Waals surface area contributed by atoms with Crippen molar-refractivity contribution in [3.05, 3.63) is 41.1 Å². The molecule has 0 saturated heterocycles. The SMILES string of the molecule is O=Cc1ccc(-c2ccc(OCC(F)F)c(Cl)c2)o1. The molecule has 0 amide bonds. The number of aldehydes is 1. The Labute approximate surface area is 112 Å². The van der Waals surface area contributed by atoms with Crippen molar-refractivity contribution in [2.24, 2.45) is 0 Å². The van der Waals surface area contributed by atoms with Crippen molar-refractivity contribution >= 4 is 17.9 Å². The van der Waals surface area contributed by atoms with Gasteiger partial charge in [0.2, 0.25) is 0 Å². The lowest BCUT2D eigenvalue weighted by molar-refractivity contribution is 0.0819. The highest BCUT2D eigenvalue weighted by atomic mass is 35.5. The summed E-state index contributed by atoms with van der Waals surface area (Å²) in [6.07, 6.45) is -1.97. The van der Waals surface area contributed by atoms with E-state index in [0.717, 1.165) is 0 Å². The number of hydrogen-bond acceptors (Lipinski definition) is 3. The number of furan rings is 1. The van der Waals surface area contributed by atoms with Crippen molar-refractivity contribution in [3.8, 4) is 17.1 Å². The van der Waals surface area contributed by atoms with Crippen molar-refractivity contribution in [2.45, 2.75) is 6.43 Å². The first-order chi connectivity index (χ1) is 9.10. The molecule has 19 heavy (non-hydrogen) atoms. The molecular weight excluding hydrogens is 278 g/mol. The van der Waals surface area contributed by atoms with Gasteiger partial charge in [-0.15, -0.1) is 0 Å². The summed E-state index contributed by atoms with van der Waals surface area (Å²) >= 11 is 5.92. The van der Waals surface area contributed by atoms with Gasteiger partial charge < -0.3 is 9.15 Å². The summed E-state index contributed by atoms with van der Waals surface area (Å²) in [4.78, 5) is 10.5. The number of carbonyl (C=O) groups is 1. The Morgan fingerprint density at radius 2 is 2.11 bits per heavy atom. The fourth-order valence-electron chi connectivity index (χ4n) is 1.50. The summed E-state index contributed by atoms with van der Waals surface area (Å²) in [5.74, 6) is 0.835. The fourth-order valence-corrected chi connectivity index (χ4v) is 1.73. The maximum Gasteiger partial charge on any atom is 0.272 e. The largest absolute Gasteiger partial charge is 0.486 e. The molecule has 100 valence electrons. The van der Waals surface area contributed by atoms with Crippen LogP contribution in [0.25, 0.3) is 11.3 Å². The van der Waals surface area contributed by atoms with E-state index < -0.39 is 13.0 Å². The molecule has 2 rings (SSSR count). The fraction of sp³-hybridized carbons (Fsp3) is 0.154. The first-order valence-electron chi connectivity index (χ1n) is 5.36. The molecule has 0 atom stereocenters. The van der Waals surface area contributed by atoms with Gasteiger partial charge in [-0.2, -0.15) is 0 Å². The van der Waals surface area contributed by atoms with Gasteiger partial charge in [0.25, 0.3) is 6.43 Å². The van der Waals surface area contributed by atoms with Crippen molar-refractivity contribution in [1.29, 1.82) is 0 Å². The molecule has 1 aromatic heterocycles. The number of ether oxygens (including phenoxy) is 1. The molecule has 0 unspecified atom stereocenters. The van der Waals surface area contributed by atoms with Gasteiger partial charge in [-0.1, -0.05) is 11.6 Å². The molecular formula is C13H9ClF2O3. The Bertz CT molecular complexity index is 581. The number of halogens is 3. The van der Waals surface area contributed by atoms with E-state index in [1.807, 2.05) is 0 Å². The second-order valence-corrected chi connectivity index (χ2v) is 4.07. The molecule has 0 bridgehead atoms. The van der Waals surface area contributed by atoms with Gasteiger partial charge in [0, 0.05) is 5.56 Å². The molecule has 0 aliphatic heterocycles. The molecule has 0 saturated carbocycles. The van der Waals surface area contributed by atoms with E-state index in [1.54, 1.807) is 12.1 Å². The van der Waals surface area contributed by atoms with Gasteiger partial charge >= 0.3 is 0 Å². The minimum atomic E-state index is -2.56. The molecule has 0 aliphatic carbocycles. The summed E-state index contributed by atoms with van der Waals surface area (Å²) < 4.78 is 34.1. The van der Waals surface area contributed by atoms with Gasteiger partial charge in [0.15, 0.2) is 12.0 Å². The number of benzene rings is 1. The number of carbonyl (C=O) groups excluding carboxylic acids is 1. The molecule has 2 aromatic rings. The highest BCUT2D eigenvalue weighted by Crippen LogP contribution is 2.31. The molecule has 1 aromatic carbocycles. The van der Waals surface area contributed by atoms with Crippen LogP contribution in [0, 0.1) is 0 Å². The van der Waals surface area contributed by atoms with Crippen LogP contribution < -0.4 is 4.74 Å². The quantitative estimate of drug-likeness (QED) is 0.778. The molecule has 0 N–H and O–H groups in total. The topological polar surface area (TPSA) is 39.4 Å². The van der Waals surface area contributed by atoms with Gasteiger partial charge in [-0.25, -0.2) is 8.78 Å². The van der Waals surface area contributed by atoms with Gasteiger partial charge in [0.1, 0.15) is 18.1 Å². The zero-order valence-corrected chi connectivity index (χ0v) is 10.4. The van der Waals surface area contributed by atoms with Crippen LogP contribution in [-0.4, -0.2) is 19.3 Å². The Kier molecular flexibility index (Phi) is 4.16. The van der Waals surface area contributed by atoms with Crippen LogP contribution in [0.2, 0.25) is 5.02 Å². The van der Waals surface area contributed by atoms with Gasteiger partial charge in [-0.05, 0) is 30.3 Å². The lowest BCUT2D eigenvalue weighted by atomic mass is 10.1. The van der Waals surface area contributed by atoms with E-state index >= 15 is 0 Å². The van der Waals surface area contributed by atoms with Crippen molar-refractivity contribution in [2.75, 3.05) is 6.61 Å². The highest BCUT2D eigenvalue weighted by molar-refractivity contribution is 6.32. The summed E-state index contributed by atoms with van der Waals surface area (Å²) in [5.41, 5.74) is 0.627. The standard InChI is InChI=1S/C13H9ClF2O3/c14-10-5-8(11-4-2-9(6-17)19-11)1-3-12(10)18-7-13(15)16/h1-6,13H,7H2. The van der Waals surface area contributed by atoms with Crippen LogP contribution in [0.4, 0.5) is 8.78 Å². The zero-order valence-electron chi connectivity index (χ0n) is 9.61.